The zero-order valence-electron chi connectivity index (χ0n) is 6.03. The van der Waals surface area contributed by atoms with Crippen LogP contribution in [0.2, 0.25) is 0 Å². The van der Waals surface area contributed by atoms with E-state index in [0.717, 1.165) is 0 Å². The van der Waals surface area contributed by atoms with Crippen LogP contribution in [-0.4, -0.2) is 21.8 Å². The summed E-state index contributed by atoms with van der Waals surface area (Å²) in [5.74, 6) is -1.11. The van der Waals surface area contributed by atoms with Crippen LogP contribution < -0.4 is 0 Å². The van der Waals surface area contributed by atoms with E-state index in [1.165, 1.54) is 0 Å². The molecule has 0 heterocycles. The number of carbonyl (C=O) groups is 1. The summed E-state index contributed by atoms with van der Waals surface area (Å²) in [5.41, 5.74) is -1.40. The number of carboxylic acids is 1. The van der Waals surface area contributed by atoms with E-state index in [2.05, 4.69) is 0 Å². The zero-order chi connectivity index (χ0) is 8.06. The third-order valence-electron chi connectivity index (χ3n) is 2.80. The molecule has 0 aromatic heterocycles. The Kier molecular flexibility index (Phi) is 1.16. The van der Waals surface area contributed by atoms with Crippen molar-refractivity contribution in [1.82, 2.24) is 0 Å². The molecule has 0 spiro atoms. The Balaban J connectivity index is 2.18. The summed E-state index contributed by atoms with van der Waals surface area (Å²) in [5, 5.41) is 18.2. The fourth-order valence-corrected chi connectivity index (χ4v) is 2.01. The number of allylic oxidation sites excluding steroid dienone is 2. The van der Waals surface area contributed by atoms with Crippen LogP contribution in [0, 0.1) is 11.8 Å². The van der Waals surface area contributed by atoms with Crippen LogP contribution in [0.15, 0.2) is 12.2 Å². The second-order valence-electron chi connectivity index (χ2n) is 3.29. The molecule has 60 valence electrons. The van der Waals surface area contributed by atoms with Gasteiger partial charge in [0.1, 0.15) is 0 Å². The minimum absolute atomic E-state index is 0.0231. The predicted octanol–water partition coefficient (Wildman–Crippen LogP) is 0.398. The summed E-state index contributed by atoms with van der Waals surface area (Å²) in [6, 6.07) is 0. The second-order valence-corrected chi connectivity index (χ2v) is 3.29. The Labute approximate surface area is 64.3 Å². The molecule has 0 amide bonds. The highest BCUT2D eigenvalue weighted by Gasteiger charge is 2.68. The van der Waals surface area contributed by atoms with Gasteiger partial charge in [-0.2, -0.15) is 0 Å². The molecule has 3 atom stereocenters. The van der Waals surface area contributed by atoms with Crippen molar-refractivity contribution < 1.29 is 15.0 Å². The number of carboxylic acid groups (broad SMARTS) is 1. The summed E-state index contributed by atoms with van der Waals surface area (Å²) >= 11 is 0. The van der Waals surface area contributed by atoms with Crippen molar-refractivity contribution in [2.75, 3.05) is 0 Å². The Morgan fingerprint density at radius 1 is 1.36 bits per heavy atom. The maximum absolute atomic E-state index is 10.6. The van der Waals surface area contributed by atoms with Gasteiger partial charge in [0.15, 0.2) is 5.60 Å². The Hall–Kier alpha value is -0.830. The third kappa shape index (κ3) is 0.688. The normalized spacial score (nSPS) is 46.6. The topological polar surface area (TPSA) is 57.5 Å². The summed E-state index contributed by atoms with van der Waals surface area (Å²) in [6.45, 7) is 0. The van der Waals surface area contributed by atoms with Crippen LogP contribution in [0.1, 0.15) is 12.8 Å². The van der Waals surface area contributed by atoms with Gasteiger partial charge < -0.3 is 10.2 Å². The Morgan fingerprint density at radius 2 is 1.82 bits per heavy atom. The second kappa shape index (κ2) is 1.85. The molecule has 0 saturated heterocycles. The first-order valence-corrected chi connectivity index (χ1v) is 3.78. The van der Waals surface area contributed by atoms with E-state index in [4.69, 9.17) is 5.11 Å². The predicted molar refractivity (Wildman–Crippen MR) is 37.9 cm³/mol. The zero-order valence-corrected chi connectivity index (χ0v) is 6.03. The summed E-state index contributed by atoms with van der Waals surface area (Å²) in [7, 11) is 0. The lowest BCUT2D eigenvalue weighted by Gasteiger charge is -2.00. The van der Waals surface area contributed by atoms with E-state index in [0.29, 0.717) is 12.8 Å². The molecular weight excluding hydrogens is 144 g/mol. The molecule has 2 aliphatic carbocycles. The van der Waals surface area contributed by atoms with Gasteiger partial charge in [-0.1, -0.05) is 12.2 Å². The van der Waals surface area contributed by atoms with Crippen LogP contribution >= 0.6 is 0 Å². The molecule has 1 saturated carbocycles. The molecule has 1 fully saturated rings. The molecule has 2 N–H and O–H groups in total. The maximum atomic E-state index is 10.6. The van der Waals surface area contributed by atoms with Crippen LogP contribution in [0.5, 0.6) is 0 Å². The Bertz CT molecular complexity index is 217. The molecule has 0 radical (unpaired) electrons. The lowest BCUT2D eigenvalue weighted by atomic mass is 10.1. The van der Waals surface area contributed by atoms with Crippen molar-refractivity contribution in [2.45, 2.75) is 18.4 Å². The van der Waals surface area contributed by atoms with Crippen molar-refractivity contribution >= 4 is 5.97 Å². The molecule has 11 heavy (non-hydrogen) atoms. The summed E-state index contributed by atoms with van der Waals surface area (Å²) in [4.78, 5) is 10.6. The quantitative estimate of drug-likeness (QED) is 0.537. The van der Waals surface area contributed by atoms with E-state index in [-0.39, 0.29) is 11.8 Å². The standard InChI is InChI=1S/C8H10O3/c9-7(10)8(11)5-3-1-2-4-6(5)8/h1-2,5-6,11H,3-4H2,(H,9,10)/t5-,6+,8?. The van der Waals surface area contributed by atoms with Gasteiger partial charge in [-0.15, -0.1) is 0 Å². The number of hydrogen-bond acceptors (Lipinski definition) is 2. The van der Waals surface area contributed by atoms with E-state index < -0.39 is 11.6 Å². The van der Waals surface area contributed by atoms with Crippen molar-refractivity contribution in [3.8, 4) is 0 Å². The molecule has 3 nitrogen and oxygen atoms in total. The third-order valence-corrected chi connectivity index (χ3v) is 2.80. The van der Waals surface area contributed by atoms with E-state index in [1.807, 2.05) is 12.2 Å². The maximum Gasteiger partial charge on any atom is 0.336 e. The monoisotopic (exact) mass is 154 g/mol. The van der Waals surface area contributed by atoms with Gasteiger partial charge in [0.2, 0.25) is 0 Å². The highest BCUT2D eigenvalue weighted by Crippen LogP contribution is 2.56. The molecule has 0 aromatic carbocycles. The average molecular weight is 154 g/mol. The van der Waals surface area contributed by atoms with Crippen molar-refractivity contribution in [3.63, 3.8) is 0 Å². The Morgan fingerprint density at radius 3 is 2.18 bits per heavy atom. The fourth-order valence-electron chi connectivity index (χ4n) is 2.01. The molecule has 2 rings (SSSR count). The molecular formula is C8H10O3. The van der Waals surface area contributed by atoms with Gasteiger partial charge in [-0.05, 0) is 12.8 Å². The SMILES string of the molecule is O=C(O)C1(O)[C@@H]2CC=CC[C@@H]21. The first kappa shape index (κ1) is 6.85. The number of hydrogen-bond donors (Lipinski definition) is 2. The molecule has 1 unspecified atom stereocenters. The first-order valence-electron chi connectivity index (χ1n) is 3.78. The van der Waals surface area contributed by atoms with Gasteiger partial charge in [0.05, 0.1) is 0 Å². The minimum Gasteiger partial charge on any atom is -0.479 e. The summed E-state index contributed by atoms with van der Waals surface area (Å²) in [6.07, 6.45) is 5.32. The van der Waals surface area contributed by atoms with E-state index in [1.54, 1.807) is 0 Å². The number of fused-ring (bicyclic) bond motifs is 1. The van der Waals surface area contributed by atoms with Crippen LogP contribution in [-0.2, 0) is 4.79 Å². The van der Waals surface area contributed by atoms with Gasteiger partial charge in [0.25, 0.3) is 0 Å². The van der Waals surface area contributed by atoms with E-state index in [9.17, 15) is 9.90 Å². The van der Waals surface area contributed by atoms with Gasteiger partial charge in [-0.25, -0.2) is 4.79 Å². The largest absolute Gasteiger partial charge is 0.479 e. The van der Waals surface area contributed by atoms with Crippen molar-refractivity contribution in [3.05, 3.63) is 12.2 Å². The number of aliphatic hydroxyl groups is 1. The highest BCUT2D eigenvalue weighted by molar-refractivity contribution is 5.82. The van der Waals surface area contributed by atoms with Crippen LogP contribution in [0.4, 0.5) is 0 Å². The lowest BCUT2D eigenvalue weighted by Crippen LogP contribution is -2.25. The van der Waals surface area contributed by atoms with Gasteiger partial charge in [0, 0.05) is 11.8 Å². The molecule has 0 bridgehead atoms. The number of aliphatic carboxylic acids is 1. The molecule has 0 aliphatic heterocycles. The molecule has 0 aromatic rings. The fraction of sp³-hybridized carbons (Fsp3) is 0.625. The molecule has 3 heteroatoms. The van der Waals surface area contributed by atoms with Crippen molar-refractivity contribution in [2.24, 2.45) is 11.8 Å². The highest BCUT2D eigenvalue weighted by atomic mass is 16.4. The van der Waals surface area contributed by atoms with Crippen LogP contribution in [0.25, 0.3) is 0 Å². The van der Waals surface area contributed by atoms with Crippen LogP contribution in [0.3, 0.4) is 0 Å². The lowest BCUT2D eigenvalue weighted by molar-refractivity contribution is -0.150. The minimum atomic E-state index is -1.40. The van der Waals surface area contributed by atoms with E-state index >= 15 is 0 Å². The van der Waals surface area contributed by atoms with Gasteiger partial charge >= 0.3 is 5.97 Å². The molecule has 2 aliphatic rings. The number of rotatable bonds is 1. The smallest absolute Gasteiger partial charge is 0.336 e. The summed E-state index contributed by atoms with van der Waals surface area (Å²) < 4.78 is 0. The van der Waals surface area contributed by atoms with Crippen molar-refractivity contribution in [1.29, 1.82) is 0 Å². The van der Waals surface area contributed by atoms with Gasteiger partial charge in [-0.3, -0.25) is 0 Å². The first-order chi connectivity index (χ1) is 5.17. The average Bonchev–Trinajstić information content (AvgIpc) is 2.61.